The van der Waals surface area contributed by atoms with Crippen LogP contribution < -0.4 is 51.7 Å². The molecular weight excluding hydrogens is 1870 g/mol. The highest BCUT2D eigenvalue weighted by Crippen LogP contribution is 2.36. The third-order valence-corrected chi connectivity index (χ3v) is 25.6. The van der Waals surface area contributed by atoms with Crippen molar-refractivity contribution in [2.75, 3.05) is 140 Å². The van der Waals surface area contributed by atoms with Crippen molar-refractivity contribution < 1.29 is 23.5 Å². The van der Waals surface area contributed by atoms with Crippen molar-refractivity contribution in [3.63, 3.8) is 0 Å². The molecular formula is C102H112Cl4N31O4+. The van der Waals surface area contributed by atoms with Gasteiger partial charge in [-0.2, -0.15) is 19.9 Å². The number of aromatic nitrogens is 21. The van der Waals surface area contributed by atoms with Gasteiger partial charge in [-0.1, -0.05) is 105 Å². The minimum atomic E-state index is 0.118. The SMILES string of the molecule is COc1c(C)cnc(Cn2cc(C#CCCCN3CCN(c4ccccn4)CC3)c3c(Cl)nc(N)nc32)c1C.COc1c(C)cnc(Cn2cc(C#CCCCN3CCN(c4ncccn4)CC3)c3c(Cl)nc(N)nc32)c1C.COc1c(C)cnc(Cn2cc(C#CCCCn3ccnc3)c3c(Cl)nc(N)nc32)c1C.COc1c(C)cnc(Cn2cc(C#CCC[N+]3=CN=CC3)c3c(Cl)nc(N)nc32)c1C. The summed E-state index contributed by atoms with van der Waals surface area (Å²) < 4.78 is 34.3. The van der Waals surface area contributed by atoms with E-state index in [2.05, 4.69) is 162 Å². The molecule has 141 heavy (non-hydrogen) atoms. The molecule has 3 aliphatic rings. The van der Waals surface area contributed by atoms with Crippen molar-refractivity contribution in [2.24, 2.45) is 4.99 Å². The summed E-state index contributed by atoms with van der Waals surface area (Å²) in [6, 6.07) is 7.91. The first-order chi connectivity index (χ1) is 68.3. The Hall–Kier alpha value is -14.8. The van der Waals surface area contributed by atoms with E-state index in [1.165, 1.54) is 0 Å². The van der Waals surface area contributed by atoms with Crippen LogP contribution in [0.25, 0.3) is 44.1 Å². The molecule has 0 amide bonds. The van der Waals surface area contributed by atoms with Crippen LogP contribution in [0.3, 0.4) is 0 Å². The van der Waals surface area contributed by atoms with Crippen molar-refractivity contribution in [1.82, 2.24) is 112 Å². The summed E-state index contributed by atoms with van der Waals surface area (Å²) in [5.74, 6) is 31.8. The number of pyridine rings is 5. The lowest BCUT2D eigenvalue weighted by molar-refractivity contribution is -0.503. The van der Waals surface area contributed by atoms with Gasteiger partial charge in [0.25, 0.3) is 6.34 Å². The van der Waals surface area contributed by atoms with Gasteiger partial charge in [-0.25, -0.2) is 39.9 Å². The fraction of sp³-hybridized carbons (Fsp3) is 0.353. The Kier molecular flexibility index (Phi) is 33.7. The molecule has 0 bridgehead atoms. The van der Waals surface area contributed by atoms with E-state index in [-0.39, 0.29) is 28.9 Å². The molecule has 18 rings (SSSR count). The predicted octanol–water partition coefficient (Wildman–Crippen LogP) is 13.9. The van der Waals surface area contributed by atoms with E-state index in [1.807, 2.05) is 171 Å². The molecule has 0 radical (unpaired) electrons. The highest BCUT2D eigenvalue weighted by molar-refractivity contribution is 6.36. The van der Waals surface area contributed by atoms with Gasteiger partial charge in [0, 0.05) is 210 Å². The second-order valence-corrected chi connectivity index (χ2v) is 35.5. The topological polar surface area (TPSA) is 400 Å². The first-order valence-corrected chi connectivity index (χ1v) is 47.7. The van der Waals surface area contributed by atoms with Crippen LogP contribution in [0.2, 0.25) is 20.6 Å². The zero-order valence-corrected chi connectivity index (χ0v) is 84.1. The van der Waals surface area contributed by atoms with E-state index in [0.717, 1.165) is 248 Å². The Morgan fingerprint density at radius 2 is 0.738 bits per heavy atom. The smallest absolute Gasteiger partial charge is 0.281 e. The number of aliphatic imine (C=N–C) groups is 1. The number of nitrogen functional groups attached to an aromatic ring is 4. The van der Waals surface area contributed by atoms with Gasteiger partial charge in [0.15, 0.2) is 6.21 Å². The molecule has 2 saturated heterocycles. The fourth-order valence-electron chi connectivity index (χ4n) is 17.3. The molecule has 0 spiro atoms. The second kappa shape index (κ2) is 47.2. The molecule has 18 heterocycles. The van der Waals surface area contributed by atoms with E-state index in [9.17, 15) is 0 Å². The maximum Gasteiger partial charge on any atom is 0.281 e. The molecule has 0 saturated carbocycles. The summed E-state index contributed by atoms with van der Waals surface area (Å²) >= 11 is 25.9. The fourth-order valence-corrected chi connectivity index (χ4v) is 18.4. The average Bonchev–Trinajstić information content (AvgIpc) is 1.64. The molecule has 0 aliphatic carbocycles. The third kappa shape index (κ3) is 24.5. The van der Waals surface area contributed by atoms with E-state index in [1.54, 1.807) is 53.4 Å². The number of rotatable bonds is 25. The van der Waals surface area contributed by atoms with Gasteiger partial charge >= 0.3 is 0 Å². The average molecular weight is 1980 g/mol. The minimum absolute atomic E-state index is 0.118. The first kappa shape index (κ1) is 101. The maximum atomic E-state index is 6.52. The summed E-state index contributed by atoms with van der Waals surface area (Å²) in [5, 5.41) is 3.98. The van der Waals surface area contributed by atoms with Crippen LogP contribution in [-0.4, -0.2) is 236 Å². The van der Waals surface area contributed by atoms with Gasteiger partial charge in [-0.05, 0) is 106 Å². The molecule has 15 aromatic heterocycles. The summed E-state index contributed by atoms with van der Waals surface area (Å²) in [6.07, 6.45) is 35.6. The standard InChI is InChI=1S/C29H33ClN8O.C28H32ClN9O.C23H24ClN7O.C22H23ClN7O/c1-20-17-33-23(21(2)26(20)39-3)19-38-18-22(25-27(30)34-29(31)35-28(25)38)9-5-4-8-12-36-13-15-37(16-14-36)24-10-6-7-11-32-24;1-19-16-33-22(20(2)24(19)39-3)18-38-17-21(23-25(29)34-27(30)35-26(23)38)8-5-4-6-11-36-12-14-37(15-13-36)28-31-9-7-10-32-28;1-15-11-27-18(16(2)20(15)32-3)13-31-12-17(19-21(24)28-23(25)29-22(19)31)7-5-4-6-9-30-10-8-26-14-30;1-14-10-26-17(15(2)19(14)31-3)12-30-11-16(6-4-5-8-29-9-7-25-13-29)18-20(23)27-22(24)28-21(18)30/h6-7,10-11,17-18H,4,8,12-16,19H2,1-3H3,(H2,31,34,35);7,9-10,16-17H,4,6,11-15,18H2,1-3H3,(H2,30,34,35);8,10-12,14H,4,6,9,13H2,1-3H3,(H2,25,28,29);7,10-11,13H,5,8-9,12H2,1-3H3,(H2,24,27,28)/q;;;+1. The molecule has 39 heteroatoms. The van der Waals surface area contributed by atoms with Crippen molar-refractivity contribution >= 4 is 139 Å². The summed E-state index contributed by atoms with van der Waals surface area (Å²) in [5.41, 5.74) is 40.7. The zero-order valence-electron chi connectivity index (χ0n) is 81.0. The van der Waals surface area contributed by atoms with Crippen LogP contribution in [-0.2, 0) is 32.7 Å². The quantitative estimate of drug-likeness (QED) is 0.0179. The largest absolute Gasteiger partial charge is 0.496 e. The van der Waals surface area contributed by atoms with Crippen LogP contribution in [0.15, 0.2) is 116 Å². The van der Waals surface area contributed by atoms with Crippen molar-refractivity contribution in [3.8, 4) is 70.4 Å². The number of imidazole rings is 1. The van der Waals surface area contributed by atoms with Crippen LogP contribution in [0.1, 0.15) is 134 Å². The molecule has 3 aliphatic heterocycles. The zero-order chi connectivity index (χ0) is 99.3. The van der Waals surface area contributed by atoms with Gasteiger partial charge in [-0.3, -0.25) is 34.3 Å². The highest BCUT2D eigenvalue weighted by Gasteiger charge is 2.26. The highest BCUT2D eigenvalue weighted by atomic mass is 35.5. The van der Waals surface area contributed by atoms with Crippen LogP contribution in [0.5, 0.6) is 23.0 Å². The summed E-state index contributed by atoms with van der Waals surface area (Å²) in [7, 11) is 6.68. The number of nitrogens with zero attached hydrogens (tertiary/aromatic N) is 27. The predicted molar refractivity (Wildman–Crippen MR) is 555 cm³/mol. The van der Waals surface area contributed by atoms with Gasteiger partial charge in [0.05, 0.1) is 134 Å². The lowest BCUT2D eigenvalue weighted by Crippen LogP contribution is -2.47. The molecule has 2 fully saturated rings. The lowest BCUT2D eigenvalue weighted by atomic mass is 10.1. The number of hydrogen-bond acceptors (Lipinski definition) is 29. The lowest BCUT2D eigenvalue weighted by Gasteiger charge is -2.35. The number of piperazine rings is 2. The normalized spacial score (nSPS) is 13.0. The number of methoxy groups -OCH3 is 4. The Morgan fingerprint density at radius 1 is 0.390 bits per heavy atom. The molecule has 8 N–H and O–H groups in total. The summed E-state index contributed by atoms with van der Waals surface area (Å²) in [4.78, 5) is 83.7. The molecule has 35 nitrogen and oxygen atoms in total. The van der Waals surface area contributed by atoms with E-state index in [0.29, 0.717) is 92.2 Å². The van der Waals surface area contributed by atoms with Crippen LogP contribution >= 0.6 is 46.4 Å². The van der Waals surface area contributed by atoms with E-state index >= 15 is 0 Å². The van der Waals surface area contributed by atoms with Crippen molar-refractivity contribution in [2.45, 2.75) is 133 Å². The van der Waals surface area contributed by atoms with Crippen molar-refractivity contribution in [3.05, 3.63) is 221 Å². The van der Waals surface area contributed by atoms with Gasteiger partial charge in [-0.15, -0.1) is 0 Å². The van der Waals surface area contributed by atoms with E-state index < -0.39 is 0 Å². The molecule has 0 aromatic carbocycles. The monoisotopic (exact) mass is 1970 g/mol. The second-order valence-electron chi connectivity index (χ2n) is 34.1. The van der Waals surface area contributed by atoms with Gasteiger partial charge < -0.3 is 74.5 Å². The number of unbranched alkanes of at least 4 members (excludes halogenated alkanes) is 3. The van der Waals surface area contributed by atoms with Crippen LogP contribution in [0, 0.1) is 103 Å². The van der Waals surface area contributed by atoms with Crippen LogP contribution in [0.4, 0.5) is 35.6 Å². The molecule has 726 valence electrons. The van der Waals surface area contributed by atoms with Crippen molar-refractivity contribution in [1.29, 1.82) is 0 Å². The number of anilines is 6. The molecule has 15 aromatic rings. The third-order valence-electron chi connectivity index (χ3n) is 24.5. The Balaban J connectivity index is 0.000000143. The Bertz CT molecular complexity index is 7130. The number of nitrogens with two attached hydrogens (primary N) is 4. The van der Waals surface area contributed by atoms with Gasteiger partial charge in [0.1, 0.15) is 78.6 Å². The summed E-state index contributed by atoms with van der Waals surface area (Å²) in [6.45, 7) is 30.3. The minimum Gasteiger partial charge on any atom is -0.496 e. The Labute approximate surface area is 838 Å². The molecule has 0 atom stereocenters. The van der Waals surface area contributed by atoms with E-state index in [4.69, 9.17) is 88.3 Å². The number of hydrogen-bond donors (Lipinski definition) is 4. The number of halogens is 4. The number of aryl methyl sites for hydroxylation is 5. The number of ether oxygens (including phenoxy) is 4. The van der Waals surface area contributed by atoms with Gasteiger partial charge in [0.2, 0.25) is 29.7 Å². The first-order valence-electron chi connectivity index (χ1n) is 46.2. The maximum absolute atomic E-state index is 6.52. The Morgan fingerprint density at radius 3 is 1.06 bits per heavy atom. The molecule has 0 unspecified atom stereocenters. The number of fused-ring (bicyclic) bond motifs is 4.